The molecular formula is C16H22N6OS. The maximum Gasteiger partial charge on any atom is 0.229 e. The fourth-order valence-corrected chi connectivity index (χ4v) is 3.39. The highest BCUT2D eigenvalue weighted by Gasteiger charge is 2.16. The summed E-state index contributed by atoms with van der Waals surface area (Å²) < 4.78 is 7.39. The summed E-state index contributed by atoms with van der Waals surface area (Å²) in [7, 11) is 0. The Hall–Kier alpha value is -2.19. The largest absolute Gasteiger partial charge is 0.382 e. The molecule has 0 radical (unpaired) electrons. The molecule has 3 aromatic rings. The molecule has 0 unspecified atom stereocenters. The molecule has 2 N–H and O–H groups in total. The average molecular weight is 346 g/mol. The lowest BCUT2D eigenvalue weighted by molar-refractivity contribution is 0.147. The van der Waals surface area contributed by atoms with Crippen molar-refractivity contribution in [3.05, 3.63) is 29.2 Å². The van der Waals surface area contributed by atoms with Crippen LogP contribution in [0.25, 0.3) is 17.2 Å². The number of nitrogens with zero attached hydrogens (tertiary/aromatic N) is 4. The van der Waals surface area contributed by atoms with Gasteiger partial charge in [-0.05, 0) is 33.3 Å². The lowest BCUT2D eigenvalue weighted by atomic mass is 10.2. The molecule has 3 aromatic heterocycles. The summed E-state index contributed by atoms with van der Waals surface area (Å²) in [6, 6.07) is 2.13. The molecule has 0 saturated carbocycles. The molecule has 0 amide bonds. The van der Waals surface area contributed by atoms with Crippen molar-refractivity contribution in [3.63, 3.8) is 0 Å². The minimum atomic E-state index is 0.723. The van der Waals surface area contributed by atoms with Gasteiger partial charge >= 0.3 is 0 Å². The Kier molecular flexibility index (Phi) is 5.27. The number of aryl methyl sites for hydroxylation is 1. The summed E-state index contributed by atoms with van der Waals surface area (Å²) in [4.78, 5) is 8.94. The zero-order chi connectivity index (χ0) is 16.9. The van der Waals surface area contributed by atoms with Crippen LogP contribution in [-0.2, 0) is 4.74 Å². The first-order valence-electron chi connectivity index (χ1n) is 8.03. The highest BCUT2D eigenvalue weighted by Crippen LogP contribution is 2.30. The zero-order valence-electron chi connectivity index (χ0n) is 14.2. The van der Waals surface area contributed by atoms with Crippen molar-refractivity contribution in [2.75, 3.05) is 25.1 Å². The number of rotatable bonds is 8. The smallest absolute Gasteiger partial charge is 0.229 e. The molecule has 0 aliphatic carbocycles. The van der Waals surface area contributed by atoms with Crippen molar-refractivity contribution in [2.45, 2.75) is 27.2 Å². The van der Waals surface area contributed by atoms with Gasteiger partial charge in [0, 0.05) is 42.1 Å². The van der Waals surface area contributed by atoms with Crippen LogP contribution in [-0.4, -0.2) is 44.5 Å². The minimum Gasteiger partial charge on any atom is -0.382 e. The van der Waals surface area contributed by atoms with E-state index in [-0.39, 0.29) is 0 Å². The van der Waals surface area contributed by atoms with Crippen molar-refractivity contribution >= 4 is 16.5 Å². The van der Waals surface area contributed by atoms with Gasteiger partial charge in [0.15, 0.2) is 5.13 Å². The summed E-state index contributed by atoms with van der Waals surface area (Å²) >= 11 is 1.62. The van der Waals surface area contributed by atoms with E-state index < -0.39 is 0 Å². The normalized spacial score (nSPS) is 11.1. The third-order valence-electron chi connectivity index (χ3n) is 3.77. The van der Waals surface area contributed by atoms with Crippen molar-refractivity contribution in [2.24, 2.45) is 0 Å². The van der Waals surface area contributed by atoms with Crippen LogP contribution in [0.4, 0.5) is 5.13 Å². The molecule has 7 nitrogen and oxygen atoms in total. The second-order valence-corrected chi connectivity index (χ2v) is 6.30. The van der Waals surface area contributed by atoms with Gasteiger partial charge in [0.25, 0.3) is 0 Å². The molecule has 0 spiro atoms. The van der Waals surface area contributed by atoms with Crippen molar-refractivity contribution < 1.29 is 4.74 Å². The van der Waals surface area contributed by atoms with Crippen LogP contribution in [0.1, 0.15) is 24.7 Å². The van der Waals surface area contributed by atoms with Gasteiger partial charge in [-0.1, -0.05) is 0 Å². The van der Waals surface area contributed by atoms with Gasteiger partial charge in [-0.15, -0.1) is 11.3 Å². The van der Waals surface area contributed by atoms with E-state index in [4.69, 9.17) is 9.72 Å². The number of hydrogen-bond acceptors (Lipinski definition) is 6. The summed E-state index contributed by atoms with van der Waals surface area (Å²) in [5.41, 5.74) is 4.28. The van der Waals surface area contributed by atoms with Gasteiger partial charge in [0.05, 0.1) is 5.69 Å². The molecule has 0 saturated heterocycles. The van der Waals surface area contributed by atoms with E-state index in [2.05, 4.69) is 50.4 Å². The Labute approximate surface area is 145 Å². The molecule has 0 aromatic carbocycles. The summed E-state index contributed by atoms with van der Waals surface area (Å²) in [6.45, 7) is 8.54. The number of aromatic amines is 1. The predicted octanol–water partition coefficient (Wildman–Crippen LogP) is 3.17. The number of H-pyrrole nitrogens is 1. The molecule has 3 heterocycles. The quantitative estimate of drug-likeness (QED) is 0.612. The number of nitrogens with one attached hydrogen (secondary N) is 2. The van der Waals surface area contributed by atoms with Crippen molar-refractivity contribution in [1.29, 1.82) is 0 Å². The number of aromatic nitrogens is 5. The first-order chi connectivity index (χ1) is 11.7. The molecular weight excluding hydrogens is 324 g/mol. The van der Waals surface area contributed by atoms with E-state index in [1.54, 1.807) is 11.3 Å². The zero-order valence-corrected chi connectivity index (χ0v) is 15.0. The van der Waals surface area contributed by atoms with E-state index in [0.717, 1.165) is 59.9 Å². The maximum absolute atomic E-state index is 5.34. The standard InChI is InChI=1S/C16H22N6OS/c1-4-23-7-5-6-17-16-20-14(9-24-16)13-8-11(2)22(12(13)3)15-18-10-19-21-15/h8-10H,4-7H2,1-3H3,(H,17,20)(H,18,19,21). The summed E-state index contributed by atoms with van der Waals surface area (Å²) in [5.74, 6) is 0.723. The molecule has 8 heteroatoms. The first-order valence-corrected chi connectivity index (χ1v) is 8.91. The molecule has 0 aliphatic heterocycles. The van der Waals surface area contributed by atoms with E-state index >= 15 is 0 Å². The van der Waals surface area contributed by atoms with Crippen molar-refractivity contribution in [1.82, 2.24) is 24.7 Å². The van der Waals surface area contributed by atoms with Crippen LogP contribution in [0.2, 0.25) is 0 Å². The van der Waals surface area contributed by atoms with Crippen LogP contribution >= 0.6 is 11.3 Å². The lowest BCUT2D eigenvalue weighted by Crippen LogP contribution is -2.05. The number of ether oxygens (including phenoxy) is 1. The van der Waals surface area contributed by atoms with Gasteiger partial charge in [-0.3, -0.25) is 4.57 Å². The fraction of sp³-hybridized carbons (Fsp3) is 0.438. The third-order valence-corrected chi connectivity index (χ3v) is 4.57. The van der Waals surface area contributed by atoms with Crippen LogP contribution in [0, 0.1) is 13.8 Å². The number of anilines is 1. The van der Waals surface area contributed by atoms with Crippen LogP contribution in [0.15, 0.2) is 17.8 Å². The van der Waals surface area contributed by atoms with E-state index in [1.165, 1.54) is 6.33 Å². The van der Waals surface area contributed by atoms with E-state index in [9.17, 15) is 0 Å². The highest BCUT2D eigenvalue weighted by molar-refractivity contribution is 7.14. The predicted molar refractivity (Wildman–Crippen MR) is 95.9 cm³/mol. The Morgan fingerprint density at radius 2 is 2.25 bits per heavy atom. The highest BCUT2D eigenvalue weighted by atomic mass is 32.1. The van der Waals surface area contributed by atoms with Crippen LogP contribution < -0.4 is 5.32 Å². The van der Waals surface area contributed by atoms with Gasteiger partial charge < -0.3 is 10.1 Å². The molecule has 0 aliphatic rings. The van der Waals surface area contributed by atoms with Gasteiger partial charge in [-0.2, -0.15) is 10.1 Å². The SMILES string of the molecule is CCOCCCNc1nc(-c2cc(C)n(-c3ncn[nH]3)c2C)cs1. The second-order valence-electron chi connectivity index (χ2n) is 5.44. The Morgan fingerprint density at radius 3 is 3.00 bits per heavy atom. The Morgan fingerprint density at radius 1 is 1.38 bits per heavy atom. The Bertz CT molecular complexity index is 777. The minimum absolute atomic E-state index is 0.723. The summed E-state index contributed by atoms with van der Waals surface area (Å²) in [5, 5.41) is 13.2. The molecule has 0 bridgehead atoms. The topological polar surface area (TPSA) is 80.7 Å². The summed E-state index contributed by atoms with van der Waals surface area (Å²) in [6.07, 6.45) is 2.49. The maximum atomic E-state index is 5.34. The molecule has 3 rings (SSSR count). The first kappa shape index (κ1) is 16.7. The Balaban J connectivity index is 1.73. The average Bonchev–Trinajstić information content (AvgIpc) is 3.28. The van der Waals surface area contributed by atoms with Crippen LogP contribution in [0.5, 0.6) is 0 Å². The molecule has 128 valence electrons. The number of thiazole rings is 1. The van der Waals surface area contributed by atoms with Gasteiger partial charge in [0.1, 0.15) is 6.33 Å². The second kappa shape index (κ2) is 7.59. The lowest BCUT2D eigenvalue weighted by Gasteiger charge is -2.04. The van der Waals surface area contributed by atoms with E-state index in [0.29, 0.717) is 0 Å². The van der Waals surface area contributed by atoms with Gasteiger partial charge in [-0.25, -0.2) is 10.1 Å². The number of hydrogen-bond donors (Lipinski definition) is 2. The van der Waals surface area contributed by atoms with Crippen molar-refractivity contribution in [3.8, 4) is 17.2 Å². The van der Waals surface area contributed by atoms with Gasteiger partial charge in [0.2, 0.25) is 5.95 Å². The molecule has 24 heavy (non-hydrogen) atoms. The molecule has 0 atom stereocenters. The molecule has 0 fully saturated rings. The third kappa shape index (κ3) is 3.49. The monoisotopic (exact) mass is 346 g/mol. The fourth-order valence-electron chi connectivity index (χ4n) is 2.65. The van der Waals surface area contributed by atoms with E-state index in [1.807, 2.05) is 6.92 Å². The van der Waals surface area contributed by atoms with Crippen LogP contribution in [0.3, 0.4) is 0 Å².